The van der Waals surface area contributed by atoms with Crippen molar-refractivity contribution in [2.75, 3.05) is 0 Å². The minimum Gasteiger partial charge on any atom is -0.390 e. The lowest BCUT2D eigenvalue weighted by Crippen LogP contribution is -2.56. The number of hydrogen-bond donors (Lipinski definition) is 2. The van der Waals surface area contributed by atoms with Crippen molar-refractivity contribution in [2.24, 2.45) is 17.3 Å². The molecule has 4 nitrogen and oxygen atoms in total. The third-order valence-electron chi connectivity index (χ3n) is 6.40. The van der Waals surface area contributed by atoms with Crippen LogP contribution in [0.1, 0.15) is 73.5 Å². The number of rotatable bonds is 4. The SMILES string of the molecule is Cc1nc(C)c([C@H](C)NC(=O)CC23C[C@H]4C[C@@H](CC(O)(C4)C2)C3)s1. The van der Waals surface area contributed by atoms with Crippen LogP contribution in [0.4, 0.5) is 0 Å². The van der Waals surface area contributed by atoms with Crippen LogP contribution in [-0.2, 0) is 4.79 Å². The average molecular weight is 349 g/mol. The van der Waals surface area contributed by atoms with Crippen LogP contribution in [0.25, 0.3) is 0 Å². The molecule has 4 fully saturated rings. The molecule has 5 heteroatoms. The number of amides is 1. The van der Waals surface area contributed by atoms with Gasteiger partial charge in [0.05, 0.1) is 22.3 Å². The summed E-state index contributed by atoms with van der Waals surface area (Å²) in [5, 5.41) is 15.1. The molecular weight excluding hydrogens is 320 g/mol. The van der Waals surface area contributed by atoms with Gasteiger partial charge in [-0.05, 0) is 76.5 Å². The first kappa shape index (κ1) is 16.5. The van der Waals surface area contributed by atoms with Crippen LogP contribution < -0.4 is 5.32 Å². The van der Waals surface area contributed by atoms with E-state index in [1.54, 1.807) is 11.3 Å². The number of hydrogen-bond acceptors (Lipinski definition) is 4. The predicted octanol–water partition coefficient (Wildman–Crippen LogP) is 3.66. The van der Waals surface area contributed by atoms with E-state index in [9.17, 15) is 9.90 Å². The van der Waals surface area contributed by atoms with Gasteiger partial charge < -0.3 is 10.4 Å². The van der Waals surface area contributed by atoms with E-state index >= 15 is 0 Å². The molecule has 4 aliphatic carbocycles. The van der Waals surface area contributed by atoms with Crippen molar-refractivity contribution in [3.05, 3.63) is 15.6 Å². The largest absolute Gasteiger partial charge is 0.390 e. The zero-order chi connectivity index (χ0) is 17.1. The number of aliphatic hydroxyl groups is 1. The topological polar surface area (TPSA) is 62.2 Å². The van der Waals surface area contributed by atoms with Gasteiger partial charge in [0.25, 0.3) is 0 Å². The first-order chi connectivity index (χ1) is 11.3. The lowest BCUT2D eigenvalue weighted by molar-refractivity contribution is -0.169. The summed E-state index contributed by atoms with van der Waals surface area (Å²) >= 11 is 1.67. The molecule has 3 atom stereocenters. The fourth-order valence-corrected chi connectivity index (χ4v) is 7.19. The zero-order valence-electron chi connectivity index (χ0n) is 14.9. The standard InChI is InChI=1S/C19H28N2O2S/c1-11-17(24-13(3)20-11)12(2)21-16(22)9-18-5-14-4-15(6-18)8-19(23,7-14)10-18/h12,14-15,23H,4-10H2,1-3H3,(H,21,22)/t12-,14+,15+,18?,19?/m0/s1. The Labute approximate surface area is 148 Å². The lowest BCUT2D eigenvalue weighted by atomic mass is 9.47. The molecular formula is C19H28N2O2S. The third-order valence-corrected chi connectivity index (χ3v) is 7.65. The third kappa shape index (κ3) is 2.90. The maximum absolute atomic E-state index is 12.7. The summed E-state index contributed by atoms with van der Waals surface area (Å²) in [7, 11) is 0. The number of nitrogens with one attached hydrogen (secondary N) is 1. The van der Waals surface area contributed by atoms with Gasteiger partial charge in [-0.3, -0.25) is 4.79 Å². The maximum Gasteiger partial charge on any atom is 0.221 e. The van der Waals surface area contributed by atoms with Crippen molar-refractivity contribution in [3.63, 3.8) is 0 Å². The highest BCUT2D eigenvalue weighted by atomic mass is 32.1. The number of aromatic nitrogens is 1. The maximum atomic E-state index is 12.7. The Morgan fingerprint density at radius 3 is 2.54 bits per heavy atom. The number of carbonyl (C=O) groups is 1. The van der Waals surface area contributed by atoms with Crippen LogP contribution >= 0.6 is 11.3 Å². The fourth-order valence-electron chi connectivity index (χ4n) is 6.26. The van der Waals surface area contributed by atoms with Crippen LogP contribution in [-0.4, -0.2) is 21.6 Å². The van der Waals surface area contributed by atoms with E-state index < -0.39 is 5.60 Å². The van der Waals surface area contributed by atoms with Gasteiger partial charge in [-0.25, -0.2) is 4.98 Å². The summed E-state index contributed by atoms with van der Waals surface area (Å²) in [5.41, 5.74) is 0.581. The normalized spacial score (nSPS) is 38.3. The van der Waals surface area contributed by atoms with E-state index in [2.05, 4.69) is 10.3 Å². The number of aryl methyl sites for hydroxylation is 2. The smallest absolute Gasteiger partial charge is 0.221 e. The average Bonchev–Trinajstić information content (AvgIpc) is 2.73. The predicted molar refractivity (Wildman–Crippen MR) is 94.8 cm³/mol. The van der Waals surface area contributed by atoms with Crippen molar-refractivity contribution in [1.82, 2.24) is 10.3 Å². The second-order valence-corrected chi connectivity index (χ2v) is 10.1. The minimum atomic E-state index is -0.485. The molecule has 2 N–H and O–H groups in total. The lowest BCUT2D eigenvalue weighted by Gasteiger charge is -2.60. The van der Waals surface area contributed by atoms with Gasteiger partial charge >= 0.3 is 0 Å². The van der Waals surface area contributed by atoms with Gasteiger partial charge in [0.15, 0.2) is 0 Å². The molecule has 1 heterocycles. The molecule has 4 saturated carbocycles. The summed E-state index contributed by atoms with van der Waals surface area (Å²) in [6, 6.07) is 0.0145. The molecule has 4 bridgehead atoms. The summed E-state index contributed by atoms with van der Waals surface area (Å²) in [4.78, 5) is 18.3. The van der Waals surface area contributed by atoms with Crippen LogP contribution in [0.15, 0.2) is 0 Å². The van der Waals surface area contributed by atoms with Crippen molar-refractivity contribution < 1.29 is 9.90 Å². The molecule has 0 aliphatic heterocycles. The van der Waals surface area contributed by atoms with E-state index in [1.807, 2.05) is 20.8 Å². The Hall–Kier alpha value is -0.940. The van der Waals surface area contributed by atoms with Crippen LogP contribution in [0.2, 0.25) is 0 Å². The second kappa shape index (κ2) is 5.53. The minimum absolute atomic E-state index is 0.0145. The van der Waals surface area contributed by atoms with E-state index in [0.717, 1.165) is 47.7 Å². The van der Waals surface area contributed by atoms with Crippen LogP contribution in [0.3, 0.4) is 0 Å². The molecule has 0 radical (unpaired) electrons. The first-order valence-electron chi connectivity index (χ1n) is 9.22. The molecule has 4 aliphatic rings. The van der Waals surface area contributed by atoms with Gasteiger partial charge in [-0.1, -0.05) is 0 Å². The summed E-state index contributed by atoms with van der Waals surface area (Å²) < 4.78 is 0. The highest BCUT2D eigenvalue weighted by molar-refractivity contribution is 7.11. The van der Waals surface area contributed by atoms with E-state index in [-0.39, 0.29) is 17.4 Å². The monoisotopic (exact) mass is 348 g/mol. The van der Waals surface area contributed by atoms with Crippen molar-refractivity contribution >= 4 is 17.2 Å². The Balaban J connectivity index is 1.44. The van der Waals surface area contributed by atoms with Gasteiger partial charge in [0.2, 0.25) is 5.91 Å². The molecule has 1 aromatic rings. The highest BCUT2D eigenvalue weighted by Crippen LogP contribution is 2.62. The molecule has 0 spiro atoms. The van der Waals surface area contributed by atoms with E-state index in [1.165, 1.54) is 6.42 Å². The van der Waals surface area contributed by atoms with Crippen LogP contribution in [0, 0.1) is 31.1 Å². The summed E-state index contributed by atoms with van der Waals surface area (Å²) in [6.45, 7) is 6.06. The van der Waals surface area contributed by atoms with Crippen LogP contribution in [0.5, 0.6) is 0 Å². The molecule has 1 amide bonds. The number of nitrogens with zero attached hydrogens (tertiary/aromatic N) is 1. The van der Waals surface area contributed by atoms with Gasteiger partial charge in [0, 0.05) is 11.3 Å². The second-order valence-electron chi connectivity index (χ2n) is 8.83. The summed E-state index contributed by atoms with van der Waals surface area (Å²) in [5.74, 6) is 1.40. The molecule has 0 unspecified atom stereocenters. The van der Waals surface area contributed by atoms with Crippen molar-refractivity contribution in [2.45, 2.75) is 77.4 Å². The highest BCUT2D eigenvalue weighted by Gasteiger charge is 2.57. The Morgan fingerprint density at radius 1 is 1.33 bits per heavy atom. The van der Waals surface area contributed by atoms with Crippen molar-refractivity contribution in [3.8, 4) is 0 Å². The van der Waals surface area contributed by atoms with E-state index in [0.29, 0.717) is 18.3 Å². The molecule has 1 aromatic heterocycles. The molecule has 132 valence electrons. The molecule has 24 heavy (non-hydrogen) atoms. The van der Waals surface area contributed by atoms with Gasteiger partial charge in [-0.15, -0.1) is 11.3 Å². The molecule has 5 rings (SSSR count). The summed E-state index contributed by atoms with van der Waals surface area (Å²) in [6.07, 6.45) is 6.85. The Morgan fingerprint density at radius 2 is 2.00 bits per heavy atom. The Bertz CT molecular complexity index is 654. The number of thiazole rings is 1. The van der Waals surface area contributed by atoms with Gasteiger partial charge in [0.1, 0.15) is 0 Å². The molecule has 0 aromatic carbocycles. The number of carbonyl (C=O) groups excluding carboxylic acids is 1. The van der Waals surface area contributed by atoms with Gasteiger partial charge in [-0.2, -0.15) is 0 Å². The molecule has 0 saturated heterocycles. The van der Waals surface area contributed by atoms with E-state index in [4.69, 9.17) is 0 Å². The fraction of sp³-hybridized carbons (Fsp3) is 0.789. The quantitative estimate of drug-likeness (QED) is 0.873. The van der Waals surface area contributed by atoms with Crippen molar-refractivity contribution in [1.29, 1.82) is 0 Å². The first-order valence-corrected chi connectivity index (χ1v) is 10.0. The Kier molecular flexibility index (Phi) is 3.81. The zero-order valence-corrected chi connectivity index (χ0v) is 15.7.